The predicted octanol–water partition coefficient (Wildman–Crippen LogP) is 3.50. The highest BCUT2D eigenvalue weighted by Gasteiger charge is 2.31. The summed E-state index contributed by atoms with van der Waals surface area (Å²) in [6.07, 6.45) is 7.76. The van der Waals surface area contributed by atoms with Crippen molar-refractivity contribution in [1.29, 1.82) is 0 Å². The van der Waals surface area contributed by atoms with Crippen molar-refractivity contribution in [3.05, 3.63) is 102 Å². The van der Waals surface area contributed by atoms with E-state index in [4.69, 9.17) is 4.99 Å². The first-order valence-electron chi connectivity index (χ1n) is 15.1. The van der Waals surface area contributed by atoms with Gasteiger partial charge in [-0.05, 0) is 73.1 Å². The minimum absolute atomic E-state index is 0.00115. The van der Waals surface area contributed by atoms with E-state index >= 15 is 0 Å². The van der Waals surface area contributed by atoms with E-state index in [0.717, 1.165) is 65.4 Å². The van der Waals surface area contributed by atoms with Gasteiger partial charge in [0.15, 0.2) is 5.82 Å². The van der Waals surface area contributed by atoms with Crippen LogP contribution in [0.1, 0.15) is 23.1 Å². The predicted molar refractivity (Wildman–Crippen MR) is 169 cm³/mol. The van der Waals surface area contributed by atoms with Crippen LogP contribution in [0.4, 0.5) is 11.4 Å². The molecule has 0 saturated carbocycles. The van der Waals surface area contributed by atoms with Crippen LogP contribution in [0, 0.1) is 5.92 Å². The van der Waals surface area contributed by atoms with Gasteiger partial charge in [0.1, 0.15) is 0 Å². The molecule has 0 radical (unpaired) electrons. The first-order chi connectivity index (χ1) is 21.6. The minimum atomic E-state index is -0.148. The fourth-order valence-electron chi connectivity index (χ4n) is 6.23. The van der Waals surface area contributed by atoms with Crippen LogP contribution < -0.4 is 10.2 Å². The zero-order valence-corrected chi connectivity index (χ0v) is 24.5. The van der Waals surface area contributed by atoms with Crippen LogP contribution >= 0.6 is 0 Å². The maximum absolute atomic E-state index is 13.2. The fourth-order valence-corrected chi connectivity index (χ4v) is 6.23. The summed E-state index contributed by atoms with van der Waals surface area (Å²) in [5.74, 6) is 0.693. The number of fused-ring (bicyclic) bond motifs is 1. The molecular formula is C34H34N8O2. The van der Waals surface area contributed by atoms with Gasteiger partial charge in [0.2, 0.25) is 11.8 Å². The topological polar surface area (TPSA) is 107 Å². The Balaban J connectivity index is 0.886. The SMILES string of the molecule is O=C(Nc1ccc2c(c1)C(c1ccncc1)=NC2)C1CCN(CC(=O)N2CCN(c3ccc(-c4ncccn4)cc3)CC2)C1. The summed E-state index contributed by atoms with van der Waals surface area (Å²) in [5.41, 5.74) is 7.04. The molecule has 1 N–H and O–H groups in total. The highest BCUT2D eigenvalue weighted by molar-refractivity contribution is 6.15. The number of benzene rings is 2. The number of nitrogens with one attached hydrogen (secondary N) is 1. The molecular weight excluding hydrogens is 552 g/mol. The number of anilines is 2. The number of piperazine rings is 1. The van der Waals surface area contributed by atoms with Crippen LogP contribution in [-0.2, 0) is 16.1 Å². The lowest BCUT2D eigenvalue weighted by atomic mass is 10.00. The standard InChI is InChI=1S/C34H34N8O2/c43-31(42-18-16-41(17-19-42)29-6-3-25(4-7-29)33-36-11-1-12-37-33)23-40-15-10-27(22-40)34(44)39-28-5-2-26-21-38-32(30(26)20-28)24-8-13-35-14-9-24/h1-9,11-14,20,27H,10,15-19,21-23H2,(H,39,44). The highest BCUT2D eigenvalue weighted by Crippen LogP contribution is 2.27. The second-order valence-corrected chi connectivity index (χ2v) is 11.5. The lowest BCUT2D eigenvalue weighted by molar-refractivity contribution is -0.132. The number of aromatic nitrogens is 3. The van der Waals surface area contributed by atoms with Crippen molar-refractivity contribution in [2.75, 3.05) is 56.0 Å². The van der Waals surface area contributed by atoms with E-state index in [2.05, 4.69) is 42.2 Å². The van der Waals surface area contributed by atoms with Gasteiger partial charge in [-0.25, -0.2) is 9.97 Å². The number of nitrogens with zero attached hydrogens (tertiary/aromatic N) is 7. The number of hydrogen-bond donors (Lipinski definition) is 1. The smallest absolute Gasteiger partial charge is 0.236 e. The van der Waals surface area contributed by atoms with Crippen molar-refractivity contribution >= 4 is 28.9 Å². The third-order valence-electron chi connectivity index (χ3n) is 8.68. The second-order valence-electron chi connectivity index (χ2n) is 11.5. The molecule has 10 nitrogen and oxygen atoms in total. The van der Waals surface area contributed by atoms with E-state index in [-0.39, 0.29) is 17.7 Å². The molecule has 10 heteroatoms. The van der Waals surface area contributed by atoms with E-state index in [1.807, 2.05) is 53.4 Å². The number of likely N-dealkylation sites (tertiary alicyclic amines) is 1. The molecule has 44 heavy (non-hydrogen) atoms. The lowest BCUT2D eigenvalue weighted by Crippen LogP contribution is -2.51. The largest absolute Gasteiger partial charge is 0.368 e. The van der Waals surface area contributed by atoms with Crippen molar-refractivity contribution in [3.63, 3.8) is 0 Å². The third-order valence-corrected chi connectivity index (χ3v) is 8.68. The zero-order valence-electron chi connectivity index (χ0n) is 24.5. The van der Waals surface area contributed by atoms with Crippen molar-refractivity contribution in [1.82, 2.24) is 24.8 Å². The van der Waals surface area contributed by atoms with Gasteiger partial charge in [0, 0.05) is 85.6 Å². The number of hydrogen-bond acceptors (Lipinski definition) is 8. The average Bonchev–Trinajstić information content (AvgIpc) is 3.73. The molecule has 2 aromatic carbocycles. The Hall–Kier alpha value is -4.96. The maximum Gasteiger partial charge on any atom is 0.236 e. The summed E-state index contributed by atoms with van der Waals surface area (Å²) < 4.78 is 0. The molecule has 2 amide bonds. The number of rotatable bonds is 7. The Labute approximate surface area is 256 Å². The van der Waals surface area contributed by atoms with Crippen molar-refractivity contribution in [2.24, 2.45) is 10.9 Å². The second kappa shape index (κ2) is 12.3. The molecule has 0 spiro atoms. The van der Waals surface area contributed by atoms with E-state index in [1.165, 1.54) is 0 Å². The van der Waals surface area contributed by atoms with E-state index < -0.39 is 0 Å². The quantitative estimate of drug-likeness (QED) is 0.353. The number of aliphatic imine (C=N–C) groups is 1. The van der Waals surface area contributed by atoms with Crippen LogP contribution in [0.2, 0.25) is 0 Å². The van der Waals surface area contributed by atoms with E-state index in [0.29, 0.717) is 38.5 Å². The first-order valence-corrected chi connectivity index (χ1v) is 15.1. The molecule has 1 atom stereocenters. The number of pyridine rings is 1. The molecule has 2 fully saturated rings. The number of carbonyl (C=O) groups is 2. The number of amides is 2. The van der Waals surface area contributed by atoms with E-state index in [1.54, 1.807) is 24.8 Å². The molecule has 4 aromatic rings. The zero-order chi connectivity index (χ0) is 29.9. The monoisotopic (exact) mass is 586 g/mol. The maximum atomic E-state index is 13.2. The van der Waals surface area contributed by atoms with Crippen LogP contribution in [0.5, 0.6) is 0 Å². The van der Waals surface area contributed by atoms with Gasteiger partial charge >= 0.3 is 0 Å². The summed E-state index contributed by atoms with van der Waals surface area (Å²) in [4.78, 5) is 50.2. The van der Waals surface area contributed by atoms with Crippen molar-refractivity contribution in [2.45, 2.75) is 13.0 Å². The van der Waals surface area contributed by atoms with Crippen LogP contribution in [-0.4, -0.2) is 88.1 Å². The summed E-state index contributed by atoms with van der Waals surface area (Å²) in [7, 11) is 0. The van der Waals surface area contributed by atoms with Gasteiger partial charge < -0.3 is 15.1 Å². The summed E-state index contributed by atoms with van der Waals surface area (Å²) in [6, 6.07) is 20.0. The van der Waals surface area contributed by atoms with Gasteiger partial charge in [-0.2, -0.15) is 0 Å². The Kier molecular flexibility index (Phi) is 7.81. The molecule has 0 bridgehead atoms. The van der Waals surface area contributed by atoms with E-state index in [9.17, 15) is 9.59 Å². The van der Waals surface area contributed by atoms with Crippen LogP contribution in [0.15, 0.2) is 90.4 Å². The van der Waals surface area contributed by atoms with Gasteiger partial charge in [0.05, 0.1) is 24.7 Å². The van der Waals surface area contributed by atoms with Crippen LogP contribution in [0.25, 0.3) is 11.4 Å². The van der Waals surface area contributed by atoms with Crippen molar-refractivity contribution in [3.8, 4) is 11.4 Å². The summed E-state index contributed by atoms with van der Waals surface area (Å²) in [5, 5.41) is 3.12. The highest BCUT2D eigenvalue weighted by atomic mass is 16.2. The summed E-state index contributed by atoms with van der Waals surface area (Å²) >= 11 is 0. The van der Waals surface area contributed by atoms with Gasteiger partial charge in [0.25, 0.3) is 0 Å². The third kappa shape index (κ3) is 5.93. The van der Waals surface area contributed by atoms with Crippen LogP contribution in [0.3, 0.4) is 0 Å². The number of carbonyl (C=O) groups excluding carboxylic acids is 2. The van der Waals surface area contributed by atoms with Gasteiger partial charge in [-0.3, -0.25) is 24.5 Å². The molecule has 222 valence electrons. The summed E-state index contributed by atoms with van der Waals surface area (Å²) in [6.45, 7) is 5.25. The molecule has 7 rings (SSSR count). The molecule has 2 saturated heterocycles. The molecule has 1 unspecified atom stereocenters. The van der Waals surface area contributed by atoms with Gasteiger partial charge in [-0.1, -0.05) is 6.07 Å². The normalized spacial score (nSPS) is 18.2. The van der Waals surface area contributed by atoms with Crippen molar-refractivity contribution < 1.29 is 9.59 Å². The molecule has 2 aromatic heterocycles. The first kappa shape index (κ1) is 27.8. The Morgan fingerprint density at radius 3 is 2.39 bits per heavy atom. The van der Waals surface area contributed by atoms with Gasteiger partial charge in [-0.15, -0.1) is 0 Å². The fraction of sp³-hybridized carbons (Fsp3) is 0.294. The lowest BCUT2D eigenvalue weighted by Gasteiger charge is -2.36. The average molecular weight is 587 g/mol. The minimum Gasteiger partial charge on any atom is -0.368 e. The Morgan fingerprint density at radius 1 is 0.841 bits per heavy atom. The molecule has 0 aliphatic carbocycles. The molecule has 3 aliphatic rings. The Bertz CT molecular complexity index is 1670. The molecule has 5 heterocycles. The molecule has 3 aliphatic heterocycles. The Morgan fingerprint density at radius 2 is 1.61 bits per heavy atom.